The van der Waals surface area contributed by atoms with Crippen molar-refractivity contribution in [2.45, 2.75) is 4.21 Å². The van der Waals surface area contributed by atoms with E-state index in [0.717, 1.165) is 11.3 Å². The summed E-state index contributed by atoms with van der Waals surface area (Å²) in [5.74, 6) is 0.110. The van der Waals surface area contributed by atoms with Gasteiger partial charge in [-0.25, -0.2) is 13.1 Å². The standard InChI is InChI=1S/C7H6N2O3S2/c10-14(11,7-2-1-5-13-7)9-6-3-4-8-12-6/h1-5,9H. The summed E-state index contributed by atoms with van der Waals surface area (Å²) in [6.07, 6.45) is 1.37. The predicted octanol–water partition coefficient (Wildman–Crippen LogP) is 1.54. The van der Waals surface area contributed by atoms with Gasteiger partial charge in [-0.1, -0.05) is 11.2 Å². The molecular formula is C7H6N2O3S2. The van der Waals surface area contributed by atoms with Crippen LogP contribution in [-0.4, -0.2) is 13.6 Å². The minimum atomic E-state index is -3.51. The summed E-state index contributed by atoms with van der Waals surface area (Å²) in [5, 5.41) is 5.08. The molecule has 74 valence electrons. The molecule has 0 saturated carbocycles. The first-order chi connectivity index (χ1) is 6.68. The van der Waals surface area contributed by atoms with Crippen LogP contribution in [0.15, 0.2) is 38.5 Å². The summed E-state index contributed by atoms with van der Waals surface area (Å²) in [6, 6.07) is 4.62. The number of rotatable bonds is 3. The molecule has 2 aromatic heterocycles. The summed E-state index contributed by atoms with van der Waals surface area (Å²) >= 11 is 1.14. The topological polar surface area (TPSA) is 72.2 Å². The molecule has 0 saturated heterocycles. The van der Waals surface area contributed by atoms with Crippen molar-refractivity contribution in [2.75, 3.05) is 4.72 Å². The molecule has 0 aromatic carbocycles. The van der Waals surface area contributed by atoms with Gasteiger partial charge in [-0.2, -0.15) is 0 Å². The minimum absolute atomic E-state index is 0.110. The average molecular weight is 230 g/mol. The fourth-order valence-electron chi connectivity index (χ4n) is 0.868. The van der Waals surface area contributed by atoms with E-state index in [9.17, 15) is 8.42 Å². The maximum absolute atomic E-state index is 11.6. The summed E-state index contributed by atoms with van der Waals surface area (Å²) in [5.41, 5.74) is 0. The number of hydrogen-bond acceptors (Lipinski definition) is 5. The Kier molecular flexibility index (Phi) is 2.26. The number of nitrogens with one attached hydrogen (secondary N) is 1. The van der Waals surface area contributed by atoms with Crippen molar-refractivity contribution in [1.82, 2.24) is 5.16 Å². The summed E-state index contributed by atoms with van der Waals surface area (Å²) < 4.78 is 30.3. The van der Waals surface area contributed by atoms with Crippen LogP contribution in [-0.2, 0) is 10.0 Å². The minimum Gasteiger partial charge on any atom is -0.338 e. The second-order valence-electron chi connectivity index (χ2n) is 2.41. The Morgan fingerprint density at radius 1 is 1.43 bits per heavy atom. The van der Waals surface area contributed by atoms with Crippen molar-refractivity contribution >= 4 is 27.2 Å². The van der Waals surface area contributed by atoms with E-state index in [1.54, 1.807) is 11.4 Å². The van der Waals surface area contributed by atoms with E-state index in [2.05, 4.69) is 14.4 Å². The van der Waals surface area contributed by atoms with E-state index in [4.69, 9.17) is 0 Å². The van der Waals surface area contributed by atoms with Gasteiger partial charge in [-0.15, -0.1) is 11.3 Å². The quantitative estimate of drug-likeness (QED) is 0.868. The Bertz CT molecular complexity index is 487. The van der Waals surface area contributed by atoms with Crippen LogP contribution >= 0.6 is 11.3 Å². The summed E-state index contributed by atoms with van der Waals surface area (Å²) in [6.45, 7) is 0. The fraction of sp³-hybridized carbons (Fsp3) is 0. The molecule has 1 N–H and O–H groups in total. The molecule has 0 fully saturated rings. The molecular weight excluding hydrogens is 224 g/mol. The Morgan fingerprint density at radius 3 is 2.86 bits per heavy atom. The van der Waals surface area contributed by atoms with Crippen LogP contribution in [0.4, 0.5) is 5.88 Å². The van der Waals surface area contributed by atoms with Crippen LogP contribution in [0.3, 0.4) is 0 Å². The molecule has 0 spiro atoms. The molecule has 0 aliphatic rings. The zero-order chi connectivity index (χ0) is 10.0. The van der Waals surface area contributed by atoms with Gasteiger partial charge in [-0.3, -0.25) is 0 Å². The Hall–Kier alpha value is -1.34. The maximum Gasteiger partial charge on any atom is 0.273 e. The molecule has 14 heavy (non-hydrogen) atoms. The second kappa shape index (κ2) is 3.43. The SMILES string of the molecule is O=S(=O)(Nc1ccno1)c1cccs1. The predicted molar refractivity (Wildman–Crippen MR) is 51.6 cm³/mol. The lowest BCUT2D eigenvalue weighted by molar-refractivity contribution is 0.435. The van der Waals surface area contributed by atoms with Crippen molar-refractivity contribution in [2.24, 2.45) is 0 Å². The van der Waals surface area contributed by atoms with Gasteiger partial charge in [0.05, 0.1) is 6.20 Å². The Balaban J connectivity index is 2.27. The highest BCUT2D eigenvalue weighted by molar-refractivity contribution is 7.94. The molecule has 7 heteroatoms. The van der Waals surface area contributed by atoms with Gasteiger partial charge in [-0.05, 0) is 11.4 Å². The third kappa shape index (κ3) is 1.78. The van der Waals surface area contributed by atoms with Crippen molar-refractivity contribution < 1.29 is 12.9 Å². The molecule has 0 aliphatic heterocycles. The third-order valence-corrected chi connectivity index (χ3v) is 4.18. The van der Waals surface area contributed by atoms with E-state index >= 15 is 0 Å². The molecule has 0 radical (unpaired) electrons. The zero-order valence-electron chi connectivity index (χ0n) is 6.88. The number of aromatic nitrogens is 1. The highest BCUT2D eigenvalue weighted by Gasteiger charge is 2.16. The highest BCUT2D eigenvalue weighted by atomic mass is 32.2. The largest absolute Gasteiger partial charge is 0.338 e. The average Bonchev–Trinajstić information content (AvgIpc) is 2.71. The van der Waals surface area contributed by atoms with Crippen molar-refractivity contribution in [3.63, 3.8) is 0 Å². The van der Waals surface area contributed by atoms with E-state index in [-0.39, 0.29) is 10.1 Å². The van der Waals surface area contributed by atoms with E-state index < -0.39 is 10.0 Å². The van der Waals surface area contributed by atoms with E-state index in [0.29, 0.717) is 0 Å². The van der Waals surface area contributed by atoms with Gasteiger partial charge in [0.25, 0.3) is 10.0 Å². The van der Waals surface area contributed by atoms with Gasteiger partial charge in [0.2, 0.25) is 5.88 Å². The highest BCUT2D eigenvalue weighted by Crippen LogP contribution is 2.19. The van der Waals surface area contributed by atoms with Gasteiger partial charge in [0, 0.05) is 6.07 Å². The molecule has 0 atom stereocenters. The molecule has 0 aliphatic carbocycles. The van der Waals surface area contributed by atoms with Crippen LogP contribution in [0.2, 0.25) is 0 Å². The van der Waals surface area contributed by atoms with Crippen LogP contribution in [0.25, 0.3) is 0 Å². The third-order valence-electron chi connectivity index (χ3n) is 1.43. The van der Waals surface area contributed by atoms with Crippen molar-refractivity contribution in [3.05, 3.63) is 29.8 Å². The Morgan fingerprint density at radius 2 is 2.29 bits per heavy atom. The van der Waals surface area contributed by atoms with E-state index in [1.807, 2.05) is 0 Å². The van der Waals surface area contributed by atoms with Gasteiger partial charge in [0.1, 0.15) is 4.21 Å². The molecule has 2 aromatic rings. The number of sulfonamides is 1. The lowest BCUT2D eigenvalue weighted by atomic mass is 10.7. The maximum atomic E-state index is 11.6. The first kappa shape index (κ1) is 9.22. The molecule has 0 amide bonds. The smallest absolute Gasteiger partial charge is 0.273 e. The first-order valence-electron chi connectivity index (χ1n) is 3.65. The number of nitrogens with zero attached hydrogens (tertiary/aromatic N) is 1. The van der Waals surface area contributed by atoms with Crippen molar-refractivity contribution in [1.29, 1.82) is 0 Å². The number of thiophene rings is 1. The van der Waals surface area contributed by atoms with Crippen LogP contribution in [0, 0.1) is 0 Å². The summed E-state index contributed by atoms with van der Waals surface area (Å²) in [7, 11) is -3.51. The zero-order valence-corrected chi connectivity index (χ0v) is 8.51. The molecule has 0 bridgehead atoms. The molecule has 2 rings (SSSR count). The number of anilines is 1. The fourth-order valence-corrected chi connectivity index (χ4v) is 2.84. The number of hydrogen-bond donors (Lipinski definition) is 1. The van der Waals surface area contributed by atoms with Gasteiger partial charge < -0.3 is 4.52 Å². The monoisotopic (exact) mass is 230 g/mol. The normalized spacial score (nSPS) is 11.4. The first-order valence-corrected chi connectivity index (χ1v) is 6.02. The molecule has 0 unspecified atom stereocenters. The lowest BCUT2D eigenvalue weighted by Crippen LogP contribution is -2.10. The van der Waals surface area contributed by atoms with Crippen molar-refractivity contribution in [3.8, 4) is 0 Å². The van der Waals surface area contributed by atoms with Gasteiger partial charge >= 0.3 is 0 Å². The molecule has 5 nitrogen and oxygen atoms in total. The van der Waals surface area contributed by atoms with Crippen LogP contribution < -0.4 is 4.72 Å². The Labute approximate surface area is 84.4 Å². The van der Waals surface area contributed by atoms with E-state index in [1.165, 1.54) is 18.3 Å². The van der Waals surface area contributed by atoms with Crippen LogP contribution in [0.1, 0.15) is 0 Å². The second-order valence-corrected chi connectivity index (χ2v) is 5.27. The van der Waals surface area contributed by atoms with Crippen LogP contribution in [0.5, 0.6) is 0 Å². The lowest BCUT2D eigenvalue weighted by Gasteiger charge is -2.00. The summed E-state index contributed by atoms with van der Waals surface area (Å²) in [4.78, 5) is 0. The molecule has 2 heterocycles. The van der Waals surface area contributed by atoms with Gasteiger partial charge in [0.15, 0.2) is 0 Å².